The van der Waals surface area contributed by atoms with Crippen LogP contribution < -0.4 is 10.2 Å². The quantitative estimate of drug-likeness (QED) is 0.465. The highest BCUT2D eigenvalue weighted by atomic mass is 16.5. The Kier molecular flexibility index (Phi) is 4.98. The molecule has 2 aromatic heterocycles. The van der Waals surface area contributed by atoms with Gasteiger partial charge in [-0.2, -0.15) is 0 Å². The van der Waals surface area contributed by atoms with Crippen molar-refractivity contribution >= 4 is 16.9 Å². The molecule has 4 aromatic rings. The number of nitrogens with zero attached hydrogens (tertiary/aromatic N) is 2. The summed E-state index contributed by atoms with van der Waals surface area (Å²) in [5, 5.41) is 0.482. The zero-order chi connectivity index (χ0) is 22.2. The van der Waals surface area contributed by atoms with Crippen molar-refractivity contribution < 1.29 is 13.9 Å². The molecule has 1 aliphatic rings. The molecule has 160 valence electrons. The summed E-state index contributed by atoms with van der Waals surface area (Å²) >= 11 is 0. The minimum absolute atomic E-state index is 0.106. The average molecular weight is 426 g/mol. The van der Waals surface area contributed by atoms with Crippen LogP contribution in [0.15, 0.2) is 76.2 Å². The highest BCUT2D eigenvalue weighted by Crippen LogP contribution is 2.39. The fourth-order valence-corrected chi connectivity index (χ4v) is 4.25. The molecule has 0 spiro atoms. The molecule has 2 aromatic carbocycles. The van der Waals surface area contributed by atoms with Gasteiger partial charge in [-0.3, -0.25) is 14.6 Å². The topological polar surface area (TPSA) is 72.6 Å². The summed E-state index contributed by atoms with van der Waals surface area (Å²) in [6.07, 6.45) is 3.41. The van der Waals surface area contributed by atoms with Crippen molar-refractivity contribution in [2.75, 3.05) is 6.61 Å². The standard InChI is InChI=1S/C26H22N2O4/c1-3-31-19-9-7-18(8-10-19)23-22-24(29)20-13-16(2)6-11-21(20)32-25(22)26(30)28(23)15-17-5-4-12-27-14-17/h4-14,23H,3,15H2,1-2H3. The Hall–Kier alpha value is -3.93. The zero-order valence-electron chi connectivity index (χ0n) is 17.9. The summed E-state index contributed by atoms with van der Waals surface area (Å²) in [4.78, 5) is 32.9. The van der Waals surface area contributed by atoms with Gasteiger partial charge in [-0.05, 0) is 55.3 Å². The summed E-state index contributed by atoms with van der Waals surface area (Å²) in [6, 6.07) is 16.1. The molecular weight excluding hydrogens is 404 g/mol. The highest BCUT2D eigenvalue weighted by molar-refractivity contribution is 5.99. The largest absolute Gasteiger partial charge is 0.494 e. The molecule has 32 heavy (non-hydrogen) atoms. The van der Waals surface area contributed by atoms with Gasteiger partial charge in [0.15, 0.2) is 5.43 Å². The number of carbonyl (C=O) groups excluding carboxylic acids is 1. The number of carbonyl (C=O) groups is 1. The summed E-state index contributed by atoms with van der Waals surface area (Å²) in [7, 11) is 0. The summed E-state index contributed by atoms with van der Waals surface area (Å²) < 4.78 is 11.6. The van der Waals surface area contributed by atoms with E-state index in [1.54, 1.807) is 23.4 Å². The SMILES string of the molecule is CCOc1ccc(C2c3c(oc4ccc(C)cc4c3=O)C(=O)N2Cc2cccnc2)cc1. The van der Waals surface area contributed by atoms with Crippen LogP contribution in [0.5, 0.6) is 5.75 Å². The third-order valence-electron chi connectivity index (χ3n) is 5.70. The van der Waals surface area contributed by atoms with E-state index in [9.17, 15) is 9.59 Å². The van der Waals surface area contributed by atoms with Gasteiger partial charge in [0.1, 0.15) is 11.3 Å². The molecule has 0 N–H and O–H groups in total. The molecule has 6 nitrogen and oxygen atoms in total. The number of benzene rings is 2. The van der Waals surface area contributed by atoms with Crippen molar-refractivity contribution in [3.05, 3.63) is 105 Å². The molecule has 1 unspecified atom stereocenters. The number of ether oxygens (including phenoxy) is 1. The van der Waals surface area contributed by atoms with E-state index in [0.717, 1.165) is 22.4 Å². The van der Waals surface area contributed by atoms with E-state index < -0.39 is 6.04 Å². The van der Waals surface area contributed by atoms with E-state index in [-0.39, 0.29) is 17.1 Å². The van der Waals surface area contributed by atoms with Crippen LogP contribution in [0.4, 0.5) is 0 Å². The van der Waals surface area contributed by atoms with E-state index in [4.69, 9.17) is 9.15 Å². The van der Waals surface area contributed by atoms with Gasteiger partial charge in [-0.25, -0.2) is 0 Å². The lowest BCUT2D eigenvalue weighted by Gasteiger charge is -2.25. The Labute approximate surface area is 185 Å². The van der Waals surface area contributed by atoms with Gasteiger partial charge in [0.25, 0.3) is 5.91 Å². The Morgan fingerprint density at radius 3 is 2.62 bits per heavy atom. The third kappa shape index (κ3) is 3.34. The van der Waals surface area contributed by atoms with E-state index in [2.05, 4.69) is 4.98 Å². The maximum Gasteiger partial charge on any atom is 0.291 e. The van der Waals surface area contributed by atoms with Crippen LogP contribution >= 0.6 is 0 Å². The van der Waals surface area contributed by atoms with Crippen molar-refractivity contribution in [3.63, 3.8) is 0 Å². The molecule has 1 amide bonds. The molecule has 0 aliphatic carbocycles. The fourth-order valence-electron chi connectivity index (χ4n) is 4.25. The number of pyridine rings is 1. The molecular formula is C26H22N2O4. The zero-order valence-corrected chi connectivity index (χ0v) is 17.9. The molecule has 1 aliphatic heterocycles. The van der Waals surface area contributed by atoms with Crippen LogP contribution in [0, 0.1) is 6.92 Å². The van der Waals surface area contributed by atoms with Gasteiger partial charge in [0.05, 0.1) is 23.6 Å². The van der Waals surface area contributed by atoms with Crippen LogP contribution in [-0.2, 0) is 6.54 Å². The second kappa shape index (κ2) is 7.96. The predicted molar refractivity (Wildman–Crippen MR) is 121 cm³/mol. The Balaban J connectivity index is 1.69. The van der Waals surface area contributed by atoms with E-state index in [1.165, 1.54) is 0 Å². The smallest absolute Gasteiger partial charge is 0.291 e. The number of hydrogen-bond donors (Lipinski definition) is 0. The third-order valence-corrected chi connectivity index (χ3v) is 5.70. The maximum absolute atomic E-state index is 13.6. The van der Waals surface area contributed by atoms with Crippen molar-refractivity contribution in [1.29, 1.82) is 0 Å². The average Bonchev–Trinajstić information content (AvgIpc) is 3.08. The second-order valence-corrected chi connectivity index (χ2v) is 7.87. The molecule has 0 bridgehead atoms. The molecule has 0 saturated carbocycles. The Morgan fingerprint density at radius 2 is 1.91 bits per heavy atom. The molecule has 1 atom stereocenters. The Morgan fingerprint density at radius 1 is 1.09 bits per heavy atom. The summed E-state index contributed by atoms with van der Waals surface area (Å²) in [5.74, 6) is 0.539. The molecule has 5 rings (SSSR count). The van der Waals surface area contributed by atoms with Crippen molar-refractivity contribution in [2.45, 2.75) is 26.4 Å². The number of aromatic nitrogens is 1. The lowest BCUT2D eigenvalue weighted by Crippen LogP contribution is -2.29. The minimum atomic E-state index is -0.561. The lowest BCUT2D eigenvalue weighted by molar-refractivity contribution is 0.0714. The first kappa shape index (κ1) is 20.0. The van der Waals surface area contributed by atoms with Crippen molar-refractivity contribution in [3.8, 4) is 5.75 Å². The van der Waals surface area contributed by atoms with Crippen LogP contribution in [0.25, 0.3) is 11.0 Å². The second-order valence-electron chi connectivity index (χ2n) is 7.87. The number of amides is 1. The number of rotatable bonds is 5. The number of aryl methyl sites for hydroxylation is 1. The van der Waals surface area contributed by atoms with E-state index in [1.807, 2.05) is 62.4 Å². The monoisotopic (exact) mass is 426 g/mol. The van der Waals surface area contributed by atoms with Gasteiger partial charge < -0.3 is 14.1 Å². The minimum Gasteiger partial charge on any atom is -0.494 e. The van der Waals surface area contributed by atoms with Gasteiger partial charge >= 0.3 is 0 Å². The van der Waals surface area contributed by atoms with Crippen LogP contribution in [-0.4, -0.2) is 22.4 Å². The fraction of sp³-hybridized carbons (Fsp3) is 0.192. The molecule has 6 heteroatoms. The number of hydrogen-bond acceptors (Lipinski definition) is 5. The van der Waals surface area contributed by atoms with Gasteiger partial charge in [-0.15, -0.1) is 0 Å². The number of fused-ring (bicyclic) bond motifs is 2. The van der Waals surface area contributed by atoms with Crippen LogP contribution in [0.2, 0.25) is 0 Å². The van der Waals surface area contributed by atoms with E-state index >= 15 is 0 Å². The molecule has 0 radical (unpaired) electrons. The van der Waals surface area contributed by atoms with Crippen LogP contribution in [0.1, 0.15) is 45.8 Å². The highest BCUT2D eigenvalue weighted by Gasteiger charge is 2.42. The van der Waals surface area contributed by atoms with Gasteiger partial charge in [0, 0.05) is 18.9 Å². The predicted octanol–water partition coefficient (Wildman–Crippen LogP) is 4.64. The van der Waals surface area contributed by atoms with Crippen LogP contribution in [0.3, 0.4) is 0 Å². The van der Waals surface area contributed by atoms with Crippen molar-refractivity contribution in [2.24, 2.45) is 0 Å². The molecule has 0 fully saturated rings. The van der Waals surface area contributed by atoms with E-state index in [0.29, 0.717) is 29.7 Å². The van der Waals surface area contributed by atoms with Gasteiger partial charge in [-0.1, -0.05) is 29.8 Å². The first-order valence-electron chi connectivity index (χ1n) is 10.6. The normalized spacial score (nSPS) is 15.2. The maximum atomic E-state index is 13.6. The first-order chi connectivity index (χ1) is 15.6. The first-order valence-corrected chi connectivity index (χ1v) is 10.6. The molecule has 3 heterocycles. The molecule has 0 saturated heterocycles. The summed E-state index contributed by atoms with van der Waals surface area (Å²) in [6.45, 7) is 4.72. The summed E-state index contributed by atoms with van der Waals surface area (Å²) in [5.41, 5.74) is 3.27. The lowest BCUT2D eigenvalue weighted by atomic mass is 9.98. The van der Waals surface area contributed by atoms with Crippen molar-refractivity contribution in [1.82, 2.24) is 9.88 Å². The Bertz CT molecular complexity index is 1360. The van der Waals surface area contributed by atoms with Gasteiger partial charge in [0.2, 0.25) is 5.76 Å².